The number of rotatable bonds is 6. The average molecular weight is 324 g/mol. The Kier molecular flexibility index (Phi) is 7.56. The van der Waals surface area contributed by atoms with Gasteiger partial charge in [-0.25, -0.2) is 0 Å². The zero-order chi connectivity index (χ0) is 13.6. The van der Waals surface area contributed by atoms with Crippen LogP contribution in [0.15, 0.2) is 0 Å². The van der Waals surface area contributed by atoms with Gasteiger partial charge in [-0.15, -0.1) is 0 Å². The van der Waals surface area contributed by atoms with Crippen LogP contribution >= 0.6 is 46.4 Å². The zero-order valence-electron chi connectivity index (χ0n) is 9.40. The van der Waals surface area contributed by atoms with Gasteiger partial charge in [-0.1, -0.05) is 60.3 Å². The molecule has 0 atom stereocenters. The second-order valence-electron chi connectivity index (χ2n) is 4.20. The number of halogens is 4. The van der Waals surface area contributed by atoms with Crippen LogP contribution < -0.4 is 10.6 Å². The van der Waals surface area contributed by atoms with Crippen LogP contribution in [0.4, 0.5) is 0 Å². The molecular formula is C9H14Cl4N2O2. The van der Waals surface area contributed by atoms with E-state index in [0.717, 1.165) is 0 Å². The Morgan fingerprint density at radius 3 is 1.47 bits per heavy atom. The number of nitrogens with one attached hydrogen (secondary N) is 2. The minimum Gasteiger partial charge on any atom is -0.353 e. The lowest BCUT2D eigenvalue weighted by Gasteiger charge is -2.25. The van der Waals surface area contributed by atoms with Gasteiger partial charge in [-0.05, 0) is 5.41 Å². The minimum absolute atomic E-state index is 0.317. The van der Waals surface area contributed by atoms with Crippen molar-refractivity contribution >= 4 is 58.2 Å². The van der Waals surface area contributed by atoms with Crippen molar-refractivity contribution in [3.63, 3.8) is 0 Å². The van der Waals surface area contributed by atoms with Crippen LogP contribution in [0.5, 0.6) is 0 Å². The first kappa shape index (κ1) is 17.1. The smallest absolute Gasteiger partial charge is 0.253 e. The van der Waals surface area contributed by atoms with E-state index in [0.29, 0.717) is 13.1 Å². The maximum Gasteiger partial charge on any atom is 0.253 e. The van der Waals surface area contributed by atoms with Gasteiger partial charge < -0.3 is 10.6 Å². The minimum atomic E-state index is -1.10. The highest BCUT2D eigenvalue weighted by molar-refractivity contribution is 6.53. The van der Waals surface area contributed by atoms with E-state index in [1.54, 1.807) is 0 Å². The van der Waals surface area contributed by atoms with Crippen LogP contribution in [-0.2, 0) is 9.59 Å². The molecule has 4 nitrogen and oxygen atoms in total. The summed E-state index contributed by atoms with van der Waals surface area (Å²) in [7, 11) is 0. The molecule has 0 aromatic heterocycles. The topological polar surface area (TPSA) is 58.2 Å². The Hall–Kier alpha value is 0.1000. The van der Waals surface area contributed by atoms with Crippen LogP contribution in [0.25, 0.3) is 0 Å². The van der Waals surface area contributed by atoms with E-state index < -0.39 is 21.5 Å². The Labute approximate surface area is 120 Å². The largest absolute Gasteiger partial charge is 0.353 e. The van der Waals surface area contributed by atoms with E-state index in [9.17, 15) is 9.59 Å². The highest BCUT2D eigenvalue weighted by Crippen LogP contribution is 2.13. The van der Waals surface area contributed by atoms with E-state index in [4.69, 9.17) is 46.4 Å². The second-order valence-corrected chi connectivity index (χ2v) is 6.39. The first-order valence-corrected chi connectivity index (χ1v) is 6.52. The van der Waals surface area contributed by atoms with E-state index in [1.807, 2.05) is 13.8 Å². The van der Waals surface area contributed by atoms with E-state index >= 15 is 0 Å². The number of amides is 2. The maximum atomic E-state index is 11.1. The fraction of sp³-hybridized carbons (Fsp3) is 0.778. The molecule has 0 aliphatic heterocycles. The van der Waals surface area contributed by atoms with Gasteiger partial charge in [0.1, 0.15) is 0 Å². The summed E-state index contributed by atoms with van der Waals surface area (Å²) >= 11 is 21.5. The standard InChI is InChI=1S/C9H14Cl4N2O2/c1-9(2,3-14-7(16)5(10)11)4-15-8(17)6(12)13/h5-6H,3-4H2,1-2H3,(H,14,16)(H,15,17). The van der Waals surface area contributed by atoms with Gasteiger partial charge in [-0.3, -0.25) is 9.59 Å². The summed E-state index contributed by atoms with van der Waals surface area (Å²) in [6.07, 6.45) is 0. The SMILES string of the molecule is CC(C)(CNC(=O)C(Cl)Cl)CNC(=O)C(Cl)Cl. The van der Waals surface area contributed by atoms with Crippen molar-refractivity contribution in [2.45, 2.75) is 23.5 Å². The summed E-state index contributed by atoms with van der Waals surface area (Å²) in [5.41, 5.74) is -0.364. The lowest BCUT2D eigenvalue weighted by Crippen LogP contribution is -2.44. The number of carbonyl (C=O) groups excluding carboxylic acids is 2. The Morgan fingerprint density at radius 1 is 0.941 bits per heavy atom. The quantitative estimate of drug-likeness (QED) is 0.733. The second kappa shape index (κ2) is 7.52. The highest BCUT2D eigenvalue weighted by Gasteiger charge is 2.22. The van der Waals surface area contributed by atoms with Crippen molar-refractivity contribution < 1.29 is 9.59 Å². The summed E-state index contributed by atoms with van der Waals surface area (Å²) in [6, 6.07) is 0. The molecule has 0 saturated carbocycles. The molecule has 100 valence electrons. The van der Waals surface area contributed by atoms with E-state index in [2.05, 4.69) is 10.6 Å². The summed E-state index contributed by atoms with van der Waals surface area (Å²) in [5, 5.41) is 5.11. The van der Waals surface area contributed by atoms with Crippen LogP contribution in [-0.4, -0.2) is 34.6 Å². The zero-order valence-corrected chi connectivity index (χ0v) is 12.4. The Bertz CT molecular complexity index is 256. The summed E-state index contributed by atoms with van der Waals surface area (Å²) < 4.78 is 0. The first-order valence-electron chi connectivity index (χ1n) is 4.77. The van der Waals surface area contributed by atoms with Crippen LogP contribution in [0.3, 0.4) is 0 Å². The third-order valence-electron chi connectivity index (χ3n) is 1.88. The molecule has 0 aliphatic rings. The lowest BCUT2D eigenvalue weighted by atomic mass is 9.93. The molecule has 0 bridgehead atoms. The maximum absolute atomic E-state index is 11.1. The molecule has 17 heavy (non-hydrogen) atoms. The van der Waals surface area contributed by atoms with E-state index in [-0.39, 0.29) is 5.41 Å². The van der Waals surface area contributed by atoms with Crippen molar-refractivity contribution in [1.82, 2.24) is 10.6 Å². The van der Waals surface area contributed by atoms with Gasteiger partial charge in [0.25, 0.3) is 11.8 Å². The third-order valence-corrected chi connectivity index (χ3v) is 2.67. The molecule has 0 rings (SSSR count). The van der Waals surface area contributed by atoms with Gasteiger partial charge in [0, 0.05) is 13.1 Å². The van der Waals surface area contributed by atoms with Crippen LogP contribution in [0, 0.1) is 5.41 Å². The van der Waals surface area contributed by atoms with E-state index in [1.165, 1.54) is 0 Å². The molecule has 0 heterocycles. The fourth-order valence-corrected chi connectivity index (χ4v) is 1.18. The summed E-state index contributed by atoms with van der Waals surface area (Å²) in [4.78, 5) is 20.1. The molecule has 0 saturated heterocycles. The Balaban J connectivity index is 4.04. The number of hydrogen-bond acceptors (Lipinski definition) is 2. The van der Waals surface area contributed by atoms with Gasteiger partial charge in [0.15, 0.2) is 9.67 Å². The van der Waals surface area contributed by atoms with Crippen molar-refractivity contribution in [3.8, 4) is 0 Å². The molecule has 0 aromatic carbocycles. The molecule has 8 heteroatoms. The highest BCUT2D eigenvalue weighted by atomic mass is 35.5. The van der Waals surface area contributed by atoms with Gasteiger partial charge in [-0.2, -0.15) is 0 Å². The van der Waals surface area contributed by atoms with Crippen molar-refractivity contribution in [2.75, 3.05) is 13.1 Å². The molecule has 2 N–H and O–H groups in total. The normalized spacial score (nSPS) is 11.8. The Morgan fingerprint density at radius 2 is 1.24 bits per heavy atom. The number of hydrogen-bond donors (Lipinski definition) is 2. The molecule has 0 aliphatic carbocycles. The van der Waals surface area contributed by atoms with Gasteiger partial charge in [0.2, 0.25) is 0 Å². The summed E-state index contributed by atoms with van der Waals surface area (Å²) in [5.74, 6) is -0.944. The molecule has 0 radical (unpaired) electrons. The predicted molar refractivity (Wildman–Crippen MR) is 70.8 cm³/mol. The molecule has 2 amide bonds. The molecule has 0 fully saturated rings. The van der Waals surface area contributed by atoms with Gasteiger partial charge in [0.05, 0.1) is 0 Å². The number of alkyl halides is 4. The number of carbonyl (C=O) groups is 2. The van der Waals surface area contributed by atoms with Crippen LogP contribution in [0.1, 0.15) is 13.8 Å². The molecule has 0 unspecified atom stereocenters. The molecule has 0 spiro atoms. The fourth-order valence-electron chi connectivity index (χ4n) is 0.870. The molecular weight excluding hydrogens is 310 g/mol. The summed E-state index contributed by atoms with van der Waals surface area (Å²) in [6.45, 7) is 4.33. The predicted octanol–water partition coefficient (Wildman–Crippen LogP) is 1.85. The van der Waals surface area contributed by atoms with Crippen molar-refractivity contribution in [3.05, 3.63) is 0 Å². The average Bonchev–Trinajstić information content (AvgIpc) is 2.22. The molecule has 0 aromatic rings. The van der Waals surface area contributed by atoms with Crippen molar-refractivity contribution in [1.29, 1.82) is 0 Å². The first-order chi connectivity index (χ1) is 7.65. The lowest BCUT2D eigenvalue weighted by molar-refractivity contribution is -0.119. The third kappa shape index (κ3) is 7.92. The van der Waals surface area contributed by atoms with Gasteiger partial charge >= 0.3 is 0 Å². The monoisotopic (exact) mass is 322 g/mol. The van der Waals surface area contributed by atoms with Crippen LogP contribution in [0.2, 0.25) is 0 Å². The van der Waals surface area contributed by atoms with Crippen molar-refractivity contribution in [2.24, 2.45) is 5.41 Å².